The zero-order chi connectivity index (χ0) is 11.5. The van der Waals surface area contributed by atoms with Gasteiger partial charge in [0.25, 0.3) is 0 Å². The van der Waals surface area contributed by atoms with Gasteiger partial charge >= 0.3 is 5.97 Å². The summed E-state index contributed by atoms with van der Waals surface area (Å²) in [6, 6.07) is 0. The summed E-state index contributed by atoms with van der Waals surface area (Å²) in [7, 11) is 1.36. The zero-order valence-corrected chi connectivity index (χ0v) is 9.21. The molecule has 0 amide bonds. The van der Waals surface area contributed by atoms with Crippen molar-refractivity contribution >= 4 is 11.8 Å². The van der Waals surface area contributed by atoms with Gasteiger partial charge in [-0.1, -0.05) is 13.0 Å². The van der Waals surface area contributed by atoms with Gasteiger partial charge in [-0.2, -0.15) is 0 Å². The summed E-state index contributed by atoms with van der Waals surface area (Å²) in [5.41, 5.74) is -0.773. The second kappa shape index (κ2) is 4.57. The van der Waals surface area contributed by atoms with E-state index < -0.39 is 5.54 Å². The third kappa shape index (κ3) is 2.09. The van der Waals surface area contributed by atoms with Gasteiger partial charge in [0.1, 0.15) is 11.3 Å². The number of hydrogen-bond acceptors (Lipinski definition) is 4. The average Bonchev–Trinajstić information content (AvgIpc) is 2.28. The minimum Gasteiger partial charge on any atom is -0.468 e. The first kappa shape index (κ1) is 11.9. The first-order valence-electron chi connectivity index (χ1n) is 5.04. The van der Waals surface area contributed by atoms with E-state index in [0.717, 1.165) is 0 Å². The van der Waals surface area contributed by atoms with Gasteiger partial charge < -0.3 is 4.74 Å². The van der Waals surface area contributed by atoms with Gasteiger partial charge in [-0.3, -0.25) is 14.9 Å². The molecule has 0 aromatic carbocycles. The van der Waals surface area contributed by atoms with Crippen LogP contribution in [0, 0.1) is 5.92 Å². The van der Waals surface area contributed by atoms with Crippen molar-refractivity contribution in [2.45, 2.75) is 25.3 Å². The molecule has 0 radical (unpaired) electrons. The minimum atomic E-state index is -0.773. The lowest BCUT2D eigenvalue weighted by Crippen LogP contribution is -2.60. The maximum atomic E-state index is 11.8. The number of methoxy groups -OCH3 is 1. The smallest absolute Gasteiger partial charge is 0.326 e. The third-order valence-electron chi connectivity index (χ3n) is 3.08. The number of carbonyl (C=O) groups is 2. The van der Waals surface area contributed by atoms with Gasteiger partial charge in [0.2, 0.25) is 0 Å². The molecular formula is C11H17NO3. The van der Waals surface area contributed by atoms with Crippen molar-refractivity contribution < 1.29 is 14.3 Å². The molecule has 1 aliphatic heterocycles. The Morgan fingerprint density at radius 1 is 1.73 bits per heavy atom. The van der Waals surface area contributed by atoms with Crippen molar-refractivity contribution in [3.8, 4) is 0 Å². The topological polar surface area (TPSA) is 55.4 Å². The Bertz CT molecular complexity index is 276. The van der Waals surface area contributed by atoms with Gasteiger partial charge in [0, 0.05) is 12.3 Å². The van der Waals surface area contributed by atoms with Crippen molar-refractivity contribution in [2.24, 2.45) is 5.92 Å². The van der Waals surface area contributed by atoms with E-state index in [-0.39, 0.29) is 24.2 Å². The van der Waals surface area contributed by atoms with Crippen LogP contribution in [0.4, 0.5) is 0 Å². The highest BCUT2D eigenvalue weighted by Crippen LogP contribution is 2.28. The Labute approximate surface area is 89.7 Å². The fourth-order valence-corrected chi connectivity index (χ4v) is 1.90. The molecule has 1 N–H and O–H groups in total. The van der Waals surface area contributed by atoms with Crippen LogP contribution >= 0.6 is 0 Å². The molecule has 0 spiro atoms. The largest absolute Gasteiger partial charge is 0.468 e. The van der Waals surface area contributed by atoms with Crippen LogP contribution in [0.5, 0.6) is 0 Å². The molecular weight excluding hydrogens is 194 g/mol. The molecule has 1 saturated heterocycles. The molecule has 0 aromatic heterocycles. The number of ether oxygens (including phenoxy) is 1. The van der Waals surface area contributed by atoms with E-state index >= 15 is 0 Å². The Kier molecular flexibility index (Phi) is 3.63. The van der Waals surface area contributed by atoms with E-state index in [4.69, 9.17) is 4.74 Å². The Balaban J connectivity index is 2.91. The monoisotopic (exact) mass is 211 g/mol. The number of nitrogens with one attached hydrogen (secondary N) is 1. The Morgan fingerprint density at radius 3 is 2.80 bits per heavy atom. The van der Waals surface area contributed by atoms with Gasteiger partial charge in [0.15, 0.2) is 0 Å². The van der Waals surface area contributed by atoms with Crippen LogP contribution in [-0.4, -0.2) is 30.9 Å². The summed E-state index contributed by atoms with van der Waals surface area (Å²) in [6.45, 7) is 5.81. The van der Waals surface area contributed by atoms with Gasteiger partial charge in [-0.25, -0.2) is 0 Å². The summed E-state index contributed by atoms with van der Waals surface area (Å²) in [4.78, 5) is 22.9. The van der Waals surface area contributed by atoms with Crippen LogP contribution in [0.15, 0.2) is 12.7 Å². The zero-order valence-electron chi connectivity index (χ0n) is 9.21. The number of hydrogen-bond donors (Lipinski definition) is 1. The van der Waals surface area contributed by atoms with Gasteiger partial charge in [-0.15, -0.1) is 6.58 Å². The molecule has 15 heavy (non-hydrogen) atoms. The highest BCUT2D eigenvalue weighted by molar-refractivity contribution is 5.88. The van der Waals surface area contributed by atoms with Crippen molar-refractivity contribution in [3.63, 3.8) is 0 Å². The van der Waals surface area contributed by atoms with Crippen molar-refractivity contribution in [1.29, 1.82) is 0 Å². The van der Waals surface area contributed by atoms with Crippen molar-refractivity contribution in [2.75, 3.05) is 13.7 Å². The van der Waals surface area contributed by atoms with Crippen molar-refractivity contribution in [1.82, 2.24) is 5.32 Å². The number of Topliss-reactive ketones (excluding diaryl/α,β-unsaturated/α-hetero) is 1. The number of esters is 1. The van der Waals surface area contributed by atoms with E-state index in [0.29, 0.717) is 12.8 Å². The van der Waals surface area contributed by atoms with E-state index in [9.17, 15) is 9.59 Å². The van der Waals surface area contributed by atoms with Gasteiger partial charge in [-0.05, 0) is 6.42 Å². The summed E-state index contributed by atoms with van der Waals surface area (Å²) in [5, 5.41) is 2.99. The third-order valence-corrected chi connectivity index (χ3v) is 3.08. The number of carbonyl (C=O) groups excluding carboxylic acids is 2. The second-order valence-corrected chi connectivity index (χ2v) is 3.88. The van der Waals surface area contributed by atoms with Crippen LogP contribution in [0.25, 0.3) is 0 Å². The molecule has 1 rings (SSSR count). The van der Waals surface area contributed by atoms with Crippen LogP contribution in [0.1, 0.15) is 19.8 Å². The lowest BCUT2D eigenvalue weighted by atomic mass is 9.78. The number of piperidine rings is 1. The maximum Gasteiger partial charge on any atom is 0.326 e. The number of ketones is 1. The lowest BCUT2D eigenvalue weighted by Gasteiger charge is -2.38. The molecule has 4 nitrogen and oxygen atoms in total. The fraction of sp³-hybridized carbons (Fsp3) is 0.636. The SMILES string of the molecule is C=C[C@H](C)[C@@]1(C(=O)OC)CCC(=O)CN1. The average molecular weight is 211 g/mol. The Hall–Kier alpha value is -1.16. The second-order valence-electron chi connectivity index (χ2n) is 3.88. The van der Waals surface area contributed by atoms with Crippen molar-refractivity contribution in [3.05, 3.63) is 12.7 Å². The fourth-order valence-electron chi connectivity index (χ4n) is 1.90. The summed E-state index contributed by atoms with van der Waals surface area (Å²) in [5.74, 6) is -0.244. The first-order valence-corrected chi connectivity index (χ1v) is 5.04. The molecule has 2 atom stereocenters. The molecule has 0 saturated carbocycles. The van der Waals surface area contributed by atoms with E-state index in [1.165, 1.54) is 7.11 Å². The highest BCUT2D eigenvalue weighted by Gasteiger charge is 2.45. The molecule has 0 bridgehead atoms. The normalized spacial score (nSPS) is 28.3. The lowest BCUT2D eigenvalue weighted by molar-refractivity contribution is -0.152. The standard InChI is InChI=1S/C11H17NO3/c1-4-8(2)11(10(14)15-3)6-5-9(13)7-12-11/h4,8,12H,1,5-7H2,2-3H3/t8-,11+/m0/s1. The first-order chi connectivity index (χ1) is 7.06. The van der Waals surface area contributed by atoms with E-state index in [1.54, 1.807) is 6.08 Å². The maximum absolute atomic E-state index is 11.8. The van der Waals surface area contributed by atoms with Crippen LogP contribution in [-0.2, 0) is 14.3 Å². The van der Waals surface area contributed by atoms with Crippen LogP contribution < -0.4 is 5.32 Å². The molecule has 0 aliphatic carbocycles. The summed E-state index contributed by atoms with van der Waals surface area (Å²) in [6.07, 6.45) is 2.60. The van der Waals surface area contributed by atoms with Crippen LogP contribution in [0.3, 0.4) is 0 Å². The summed E-state index contributed by atoms with van der Waals surface area (Å²) < 4.78 is 4.79. The van der Waals surface area contributed by atoms with Gasteiger partial charge in [0.05, 0.1) is 13.7 Å². The van der Waals surface area contributed by atoms with E-state index in [1.807, 2.05) is 6.92 Å². The molecule has 1 heterocycles. The highest BCUT2D eigenvalue weighted by atomic mass is 16.5. The molecule has 1 aliphatic rings. The van der Waals surface area contributed by atoms with Crippen LogP contribution in [0.2, 0.25) is 0 Å². The predicted octanol–water partition coefficient (Wildman–Crippen LogP) is 0.673. The molecule has 4 heteroatoms. The summed E-state index contributed by atoms with van der Waals surface area (Å²) >= 11 is 0. The minimum absolute atomic E-state index is 0.0574. The molecule has 0 unspecified atom stereocenters. The Morgan fingerprint density at radius 2 is 2.40 bits per heavy atom. The molecule has 0 aromatic rings. The molecule has 1 fully saturated rings. The number of rotatable bonds is 3. The predicted molar refractivity (Wildman–Crippen MR) is 56.4 cm³/mol. The van der Waals surface area contributed by atoms with E-state index in [2.05, 4.69) is 11.9 Å². The molecule has 84 valence electrons. The quantitative estimate of drug-likeness (QED) is 0.550.